The van der Waals surface area contributed by atoms with Crippen LogP contribution in [0.2, 0.25) is 0 Å². The number of non-ortho nitro benzene ring substituents is 1. The minimum atomic E-state index is -0.788. The minimum absolute atomic E-state index is 0.0343. The standard InChI is InChI=1S/C26H25N5O4/c27-16-19(15-17-9-12-20(13-10-17)31(34)35)28-25(32)21-6-2-4-8-23(21)30-26(33)24-14-11-18-5-1-3-7-22(18)29-24/h1,3,5,7,9-14,19,21,23H,2,4,6,8,15H2,(H,28,32)(H,30,33). The number of pyridine rings is 1. The van der Waals surface area contributed by atoms with Crippen LogP contribution >= 0.6 is 0 Å². The number of nitro groups is 1. The molecule has 9 heteroatoms. The van der Waals surface area contributed by atoms with E-state index in [1.54, 1.807) is 18.2 Å². The lowest BCUT2D eigenvalue weighted by Crippen LogP contribution is -2.50. The summed E-state index contributed by atoms with van der Waals surface area (Å²) in [5, 5.41) is 27.1. The van der Waals surface area contributed by atoms with E-state index >= 15 is 0 Å². The van der Waals surface area contributed by atoms with E-state index in [1.165, 1.54) is 12.1 Å². The molecule has 0 radical (unpaired) electrons. The third-order valence-electron chi connectivity index (χ3n) is 6.31. The Morgan fingerprint density at radius 2 is 1.83 bits per heavy atom. The lowest BCUT2D eigenvalue weighted by molar-refractivity contribution is -0.384. The molecular formula is C26H25N5O4. The van der Waals surface area contributed by atoms with Gasteiger partial charge >= 0.3 is 0 Å². The van der Waals surface area contributed by atoms with Crippen LogP contribution in [0.4, 0.5) is 5.69 Å². The number of hydrogen-bond acceptors (Lipinski definition) is 6. The molecule has 1 saturated carbocycles. The first-order valence-corrected chi connectivity index (χ1v) is 11.5. The number of fused-ring (bicyclic) bond motifs is 1. The van der Waals surface area contributed by atoms with Crippen molar-refractivity contribution in [3.8, 4) is 6.07 Å². The third-order valence-corrected chi connectivity index (χ3v) is 6.31. The van der Waals surface area contributed by atoms with Gasteiger partial charge in [0.2, 0.25) is 5.91 Å². The van der Waals surface area contributed by atoms with Gasteiger partial charge in [-0.05, 0) is 30.5 Å². The number of aromatic nitrogens is 1. The lowest BCUT2D eigenvalue weighted by Gasteiger charge is -2.31. The van der Waals surface area contributed by atoms with Crippen molar-refractivity contribution < 1.29 is 14.5 Å². The van der Waals surface area contributed by atoms with Crippen LogP contribution < -0.4 is 10.6 Å². The summed E-state index contributed by atoms with van der Waals surface area (Å²) in [6.45, 7) is 0. The Morgan fingerprint density at radius 3 is 2.57 bits per heavy atom. The predicted octanol–water partition coefficient (Wildman–Crippen LogP) is 3.68. The number of nitriles is 1. The van der Waals surface area contributed by atoms with Crippen LogP contribution in [-0.4, -0.2) is 33.8 Å². The molecule has 9 nitrogen and oxygen atoms in total. The summed E-state index contributed by atoms with van der Waals surface area (Å²) < 4.78 is 0. The molecule has 4 rings (SSSR count). The highest BCUT2D eigenvalue weighted by Crippen LogP contribution is 2.25. The normalized spacial score (nSPS) is 18.3. The molecule has 0 bridgehead atoms. The molecule has 35 heavy (non-hydrogen) atoms. The van der Waals surface area contributed by atoms with Crippen molar-refractivity contribution in [2.24, 2.45) is 5.92 Å². The molecular weight excluding hydrogens is 446 g/mol. The van der Waals surface area contributed by atoms with Crippen LogP contribution in [-0.2, 0) is 11.2 Å². The van der Waals surface area contributed by atoms with Crippen molar-refractivity contribution in [3.63, 3.8) is 0 Å². The second kappa shape index (κ2) is 10.7. The zero-order valence-corrected chi connectivity index (χ0v) is 19.0. The second-order valence-electron chi connectivity index (χ2n) is 8.68. The van der Waals surface area contributed by atoms with Crippen molar-refractivity contribution in [3.05, 3.63) is 82.0 Å². The van der Waals surface area contributed by atoms with E-state index in [4.69, 9.17) is 0 Å². The fourth-order valence-electron chi connectivity index (χ4n) is 4.45. The molecule has 2 N–H and O–H groups in total. The highest BCUT2D eigenvalue weighted by atomic mass is 16.6. The van der Waals surface area contributed by atoms with Crippen LogP contribution in [0.25, 0.3) is 10.9 Å². The molecule has 3 aromatic rings. The van der Waals surface area contributed by atoms with Gasteiger partial charge in [0.15, 0.2) is 0 Å². The summed E-state index contributed by atoms with van der Waals surface area (Å²) in [5.74, 6) is -1.07. The molecule has 0 aliphatic heterocycles. The van der Waals surface area contributed by atoms with Crippen LogP contribution in [0, 0.1) is 27.4 Å². The molecule has 0 spiro atoms. The number of para-hydroxylation sites is 1. The van der Waals surface area contributed by atoms with Gasteiger partial charge in [-0.3, -0.25) is 19.7 Å². The predicted molar refractivity (Wildman–Crippen MR) is 129 cm³/mol. The number of rotatable bonds is 7. The molecule has 1 aliphatic rings. The summed E-state index contributed by atoms with van der Waals surface area (Å²) >= 11 is 0. The summed E-state index contributed by atoms with van der Waals surface area (Å²) in [6, 6.07) is 17.9. The van der Waals surface area contributed by atoms with Gasteiger partial charge in [-0.25, -0.2) is 4.98 Å². The largest absolute Gasteiger partial charge is 0.347 e. The average molecular weight is 472 g/mol. The first kappa shape index (κ1) is 23.8. The number of carbonyl (C=O) groups is 2. The number of carbonyl (C=O) groups excluding carboxylic acids is 2. The first-order chi connectivity index (χ1) is 16.9. The minimum Gasteiger partial charge on any atom is -0.347 e. The third kappa shape index (κ3) is 5.79. The maximum atomic E-state index is 13.1. The Balaban J connectivity index is 1.41. The van der Waals surface area contributed by atoms with E-state index in [-0.39, 0.29) is 30.0 Å². The highest BCUT2D eigenvalue weighted by Gasteiger charge is 2.33. The summed E-state index contributed by atoms with van der Waals surface area (Å²) in [4.78, 5) is 40.8. The van der Waals surface area contributed by atoms with Gasteiger partial charge in [0, 0.05) is 30.0 Å². The molecule has 1 aromatic heterocycles. The van der Waals surface area contributed by atoms with Gasteiger partial charge in [-0.2, -0.15) is 5.26 Å². The molecule has 1 heterocycles. The summed E-state index contributed by atoms with van der Waals surface area (Å²) in [7, 11) is 0. The number of hydrogen-bond donors (Lipinski definition) is 2. The van der Waals surface area contributed by atoms with Crippen LogP contribution in [0.5, 0.6) is 0 Å². The number of nitrogens with one attached hydrogen (secondary N) is 2. The van der Waals surface area contributed by atoms with Crippen molar-refractivity contribution >= 4 is 28.4 Å². The Morgan fingerprint density at radius 1 is 1.09 bits per heavy atom. The lowest BCUT2D eigenvalue weighted by atomic mass is 9.83. The quantitative estimate of drug-likeness (QED) is 0.398. The topological polar surface area (TPSA) is 138 Å². The van der Waals surface area contributed by atoms with Crippen molar-refractivity contribution in [2.45, 2.75) is 44.2 Å². The van der Waals surface area contributed by atoms with Gasteiger partial charge in [0.05, 0.1) is 22.4 Å². The van der Waals surface area contributed by atoms with Gasteiger partial charge in [-0.1, -0.05) is 49.2 Å². The number of nitro benzene ring substituents is 1. The Kier molecular flexibility index (Phi) is 7.31. The van der Waals surface area contributed by atoms with Gasteiger partial charge in [-0.15, -0.1) is 0 Å². The molecule has 0 saturated heterocycles. The van der Waals surface area contributed by atoms with Crippen LogP contribution in [0.3, 0.4) is 0 Å². The Hall–Kier alpha value is -4.32. The van der Waals surface area contributed by atoms with Crippen molar-refractivity contribution in [1.82, 2.24) is 15.6 Å². The fraction of sp³-hybridized carbons (Fsp3) is 0.308. The van der Waals surface area contributed by atoms with Gasteiger partial charge < -0.3 is 10.6 Å². The zero-order valence-electron chi connectivity index (χ0n) is 19.0. The smallest absolute Gasteiger partial charge is 0.270 e. The molecule has 2 aromatic carbocycles. The van der Waals surface area contributed by atoms with E-state index in [0.29, 0.717) is 24.1 Å². The number of nitrogens with zero attached hydrogens (tertiary/aromatic N) is 3. The summed E-state index contributed by atoms with van der Waals surface area (Å²) in [5.41, 5.74) is 1.69. The van der Waals surface area contributed by atoms with Crippen molar-refractivity contribution in [2.75, 3.05) is 0 Å². The number of amides is 2. The van der Waals surface area contributed by atoms with E-state index in [2.05, 4.69) is 21.7 Å². The Bertz CT molecular complexity index is 1280. The van der Waals surface area contributed by atoms with E-state index in [1.807, 2.05) is 30.3 Å². The monoisotopic (exact) mass is 471 g/mol. The van der Waals surface area contributed by atoms with Crippen LogP contribution in [0.1, 0.15) is 41.7 Å². The molecule has 3 unspecified atom stereocenters. The van der Waals surface area contributed by atoms with E-state index in [9.17, 15) is 25.0 Å². The summed E-state index contributed by atoms with van der Waals surface area (Å²) in [6.07, 6.45) is 3.25. The van der Waals surface area contributed by atoms with E-state index < -0.39 is 16.9 Å². The fourth-order valence-corrected chi connectivity index (χ4v) is 4.45. The molecule has 178 valence electrons. The van der Waals surface area contributed by atoms with Gasteiger partial charge in [0.25, 0.3) is 11.6 Å². The van der Waals surface area contributed by atoms with Gasteiger partial charge in [0.1, 0.15) is 11.7 Å². The maximum Gasteiger partial charge on any atom is 0.270 e. The van der Waals surface area contributed by atoms with Crippen LogP contribution in [0.15, 0.2) is 60.7 Å². The second-order valence-corrected chi connectivity index (χ2v) is 8.68. The van der Waals surface area contributed by atoms with Crippen molar-refractivity contribution in [1.29, 1.82) is 5.26 Å². The maximum absolute atomic E-state index is 13.1. The molecule has 3 atom stereocenters. The molecule has 1 aliphatic carbocycles. The number of benzene rings is 2. The highest BCUT2D eigenvalue weighted by molar-refractivity contribution is 5.95. The average Bonchev–Trinajstić information content (AvgIpc) is 2.88. The first-order valence-electron chi connectivity index (χ1n) is 11.5. The van der Waals surface area contributed by atoms with E-state index in [0.717, 1.165) is 23.7 Å². The zero-order chi connectivity index (χ0) is 24.8. The Labute approximate surface area is 202 Å². The molecule has 1 fully saturated rings. The molecule has 2 amide bonds. The SMILES string of the molecule is N#CC(Cc1ccc([N+](=O)[O-])cc1)NC(=O)C1CCCCC1NC(=O)c1ccc2ccccc2n1.